The minimum atomic E-state index is -0.350. The third-order valence-electron chi connectivity index (χ3n) is 6.54. The van der Waals surface area contributed by atoms with Crippen molar-refractivity contribution in [2.75, 3.05) is 24.5 Å². The second-order valence-electron chi connectivity index (χ2n) is 9.80. The van der Waals surface area contributed by atoms with E-state index in [2.05, 4.69) is 25.7 Å². The molecule has 3 aliphatic rings. The molecule has 0 spiro atoms. The van der Waals surface area contributed by atoms with Gasteiger partial charge in [0.05, 0.1) is 4.92 Å². The maximum absolute atomic E-state index is 13.2. The first kappa shape index (κ1) is 18.3. The summed E-state index contributed by atoms with van der Waals surface area (Å²) < 4.78 is 0. The molecule has 0 radical (unpaired) electrons. The zero-order valence-electron chi connectivity index (χ0n) is 16.5. The van der Waals surface area contributed by atoms with Crippen LogP contribution in [0.5, 0.6) is 0 Å². The molecule has 2 heterocycles. The lowest BCUT2D eigenvalue weighted by molar-refractivity contribution is -0.384. The number of hydrogen-bond donors (Lipinski definition) is 0. The molecule has 146 valence electrons. The zero-order chi connectivity index (χ0) is 19.4. The van der Waals surface area contributed by atoms with Gasteiger partial charge >= 0.3 is 0 Å². The number of carbonyl (C=O) groups excluding carboxylic acids is 1. The number of fused-ring (bicyclic) bond motifs is 2. The van der Waals surface area contributed by atoms with Crippen LogP contribution in [0.15, 0.2) is 18.2 Å². The smallest absolute Gasteiger partial charge is 0.293 e. The van der Waals surface area contributed by atoms with Gasteiger partial charge in [0.1, 0.15) is 5.69 Å². The van der Waals surface area contributed by atoms with Crippen LogP contribution in [0, 0.1) is 20.9 Å². The lowest BCUT2D eigenvalue weighted by Crippen LogP contribution is -2.37. The Labute approximate surface area is 160 Å². The summed E-state index contributed by atoms with van der Waals surface area (Å²) in [4.78, 5) is 28.6. The van der Waals surface area contributed by atoms with Gasteiger partial charge in [0.15, 0.2) is 0 Å². The molecule has 1 aromatic rings. The van der Waals surface area contributed by atoms with Crippen LogP contribution in [0.1, 0.15) is 63.2 Å². The number of amides is 1. The van der Waals surface area contributed by atoms with Crippen molar-refractivity contribution in [1.29, 1.82) is 0 Å². The third kappa shape index (κ3) is 3.30. The van der Waals surface area contributed by atoms with E-state index < -0.39 is 0 Å². The van der Waals surface area contributed by atoms with Crippen molar-refractivity contribution in [2.24, 2.45) is 10.8 Å². The van der Waals surface area contributed by atoms with E-state index in [1.165, 1.54) is 6.07 Å². The maximum Gasteiger partial charge on any atom is 0.293 e. The largest absolute Gasteiger partial charge is 0.366 e. The van der Waals surface area contributed by atoms with Crippen LogP contribution >= 0.6 is 0 Å². The standard InChI is InChI=1S/C21H29N3O3/c1-20(2)11-16-12-21(3,13-20)14-23(16)19(25)15-6-7-17(18(10-15)24(26)27)22-8-4-5-9-22/h6-7,10,16H,4-5,8-9,11-14H2,1-3H3. The van der Waals surface area contributed by atoms with E-state index in [4.69, 9.17) is 0 Å². The van der Waals surface area contributed by atoms with Gasteiger partial charge in [-0.3, -0.25) is 14.9 Å². The van der Waals surface area contributed by atoms with Crippen molar-refractivity contribution in [1.82, 2.24) is 4.90 Å². The molecule has 27 heavy (non-hydrogen) atoms. The monoisotopic (exact) mass is 371 g/mol. The van der Waals surface area contributed by atoms with Crippen molar-refractivity contribution in [2.45, 2.75) is 58.9 Å². The van der Waals surface area contributed by atoms with Crippen molar-refractivity contribution >= 4 is 17.3 Å². The van der Waals surface area contributed by atoms with Gasteiger partial charge in [0, 0.05) is 37.3 Å². The zero-order valence-corrected chi connectivity index (χ0v) is 16.5. The first-order valence-corrected chi connectivity index (χ1v) is 10.0. The number of hydrogen-bond acceptors (Lipinski definition) is 4. The van der Waals surface area contributed by atoms with E-state index in [0.29, 0.717) is 11.3 Å². The molecule has 2 atom stereocenters. The number of nitrogens with zero attached hydrogens (tertiary/aromatic N) is 3. The summed E-state index contributed by atoms with van der Waals surface area (Å²) >= 11 is 0. The van der Waals surface area contributed by atoms with Crippen molar-refractivity contribution in [3.63, 3.8) is 0 Å². The average molecular weight is 371 g/mol. The number of likely N-dealkylation sites (tertiary alicyclic amines) is 1. The lowest BCUT2D eigenvalue weighted by Gasteiger charge is -2.39. The third-order valence-corrected chi connectivity index (χ3v) is 6.54. The molecule has 3 fully saturated rings. The van der Waals surface area contributed by atoms with Crippen LogP contribution in [-0.4, -0.2) is 41.4 Å². The first-order valence-electron chi connectivity index (χ1n) is 10.0. The Hall–Kier alpha value is -2.11. The Morgan fingerprint density at radius 3 is 2.56 bits per heavy atom. The number of nitro benzene ring substituents is 1. The summed E-state index contributed by atoms with van der Waals surface area (Å²) in [7, 11) is 0. The highest BCUT2D eigenvalue weighted by atomic mass is 16.6. The van der Waals surface area contributed by atoms with Gasteiger partial charge in [0.2, 0.25) is 0 Å². The molecule has 2 bridgehead atoms. The van der Waals surface area contributed by atoms with Gasteiger partial charge < -0.3 is 9.80 Å². The predicted octanol–water partition coefficient (Wildman–Crippen LogP) is 4.24. The van der Waals surface area contributed by atoms with Gasteiger partial charge in [0.25, 0.3) is 11.6 Å². The van der Waals surface area contributed by atoms with Crippen molar-refractivity contribution in [3.8, 4) is 0 Å². The number of nitro groups is 1. The molecular formula is C21H29N3O3. The van der Waals surface area contributed by atoms with Crippen LogP contribution < -0.4 is 4.90 Å². The van der Waals surface area contributed by atoms with E-state index in [1.807, 2.05) is 4.90 Å². The molecule has 6 nitrogen and oxygen atoms in total. The highest BCUT2D eigenvalue weighted by Gasteiger charge is 2.51. The first-order chi connectivity index (χ1) is 12.7. The molecule has 1 aromatic carbocycles. The molecule has 2 saturated heterocycles. The van der Waals surface area contributed by atoms with Gasteiger partial charge in [-0.1, -0.05) is 20.8 Å². The minimum absolute atomic E-state index is 0.0523. The molecule has 4 rings (SSSR count). The SMILES string of the molecule is CC1(C)CC2CC(C)(CN2C(=O)c2ccc(N3CCCC3)c([N+](=O)[O-])c2)C1. The minimum Gasteiger partial charge on any atom is -0.366 e. The highest BCUT2D eigenvalue weighted by Crippen LogP contribution is 2.52. The predicted molar refractivity (Wildman–Crippen MR) is 105 cm³/mol. The van der Waals surface area contributed by atoms with E-state index in [1.54, 1.807) is 12.1 Å². The molecule has 0 aromatic heterocycles. The fourth-order valence-corrected chi connectivity index (χ4v) is 5.89. The fraction of sp³-hybridized carbons (Fsp3) is 0.667. The number of anilines is 1. The summed E-state index contributed by atoms with van der Waals surface area (Å²) in [5.74, 6) is -0.0579. The fourth-order valence-electron chi connectivity index (χ4n) is 5.89. The van der Waals surface area contributed by atoms with Crippen molar-refractivity contribution < 1.29 is 9.72 Å². The van der Waals surface area contributed by atoms with Crippen LogP contribution in [0.4, 0.5) is 11.4 Å². The quantitative estimate of drug-likeness (QED) is 0.589. The van der Waals surface area contributed by atoms with Gasteiger partial charge in [-0.15, -0.1) is 0 Å². The molecule has 1 amide bonds. The van der Waals surface area contributed by atoms with E-state index >= 15 is 0 Å². The Morgan fingerprint density at radius 1 is 1.19 bits per heavy atom. The Kier molecular flexibility index (Phi) is 4.20. The molecule has 2 aliphatic heterocycles. The van der Waals surface area contributed by atoms with Crippen LogP contribution in [0.2, 0.25) is 0 Å². The van der Waals surface area contributed by atoms with Gasteiger partial charge in [-0.25, -0.2) is 0 Å². The summed E-state index contributed by atoms with van der Waals surface area (Å²) in [6, 6.07) is 5.28. The van der Waals surface area contributed by atoms with Crippen molar-refractivity contribution in [3.05, 3.63) is 33.9 Å². The van der Waals surface area contributed by atoms with Gasteiger partial charge in [-0.2, -0.15) is 0 Å². The summed E-state index contributed by atoms with van der Waals surface area (Å²) in [5, 5.41) is 11.6. The van der Waals surface area contributed by atoms with Crippen LogP contribution in [-0.2, 0) is 0 Å². The Bertz CT molecular complexity index is 785. The summed E-state index contributed by atoms with van der Waals surface area (Å²) in [6.45, 7) is 9.27. The number of rotatable bonds is 3. The maximum atomic E-state index is 13.2. The highest BCUT2D eigenvalue weighted by molar-refractivity contribution is 5.96. The van der Waals surface area contributed by atoms with E-state index in [9.17, 15) is 14.9 Å². The normalized spacial score (nSPS) is 29.2. The second kappa shape index (κ2) is 6.21. The van der Waals surface area contributed by atoms with E-state index in [-0.39, 0.29) is 33.4 Å². The molecule has 6 heteroatoms. The molecule has 0 N–H and O–H groups in total. The molecule has 2 unspecified atom stereocenters. The summed E-state index contributed by atoms with van der Waals surface area (Å²) in [5.41, 5.74) is 1.53. The topological polar surface area (TPSA) is 66.7 Å². The lowest BCUT2D eigenvalue weighted by atomic mass is 9.65. The second-order valence-corrected chi connectivity index (χ2v) is 9.80. The van der Waals surface area contributed by atoms with Crippen LogP contribution in [0.3, 0.4) is 0 Å². The molecule has 1 saturated carbocycles. The van der Waals surface area contributed by atoms with Gasteiger partial charge in [-0.05, 0) is 55.1 Å². The average Bonchev–Trinajstić information content (AvgIpc) is 3.18. The molecule has 1 aliphatic carbocycles. The Morgan fingerprint density at radius 2 is 1.89 bits per heavy atom. The number of carbonyl (C=O) groups is 1. The Balaban J connectivity index is 1.63. The summed E-state index contributed by atoms with van der Waals surface area (Å²) in [6.07, 6.45) is 5.27. The van der Waals surface area contributed by atoms with E-state index in [0.717, 1.165) is 51.7 Å². The van der Waals surface area contributed by atoms with Crippen LogP contribution in [0.25, 0.3) is 0 Å². The number of benzene rings is 1. The molecular weight excluding hydrogens is 342 g/mol.